The van der Waals surface area contributed by atoms with E-state index in [1.54, 1.807) is 12.3 Å². The Kier molecular flexibility index (Phi) is 2.78. The van der Waals surface area contributed by atoms with Crippen molar-refractivity contribution in [3.05, 3.63) is 18.0 Å². The summed E-state index contributed by atoms with van der Waals surface area (Å²) < 4.78 is 0. The van der Waals surface area contributed by atoms with Crippen molar-refractivity contribution in [1.29, 1.82) is 0 Å². The maximum absolute atomic E-state index is 12.4. The molecule has 5 heteroatoms. The smallest absolute Gasteiger partial charge is 0.270 e. The van der Waals surface area contributed by atoms with Crippen molar-refractivity contribution < 1.29 is 4.79 Å². The number of amides is 1. The van der Waals surface area contributed by atoms with E-state index in [1.165, 1.54) is 12.8 Å². The van der Waals surface area contributed by atoms with Crippen molar-refractivity contribution in [3.63, 3.8) is 0 Å². The Hall–Kier alpha value is -1.49. The monoisotopic (exact) mass is 248 g/mol. The number of rotatable bonds is 1. The Balaban J connectivity index is 1.75. The number of hydrogen-bond donors (Lipinski definition) is 2. The van der Waals surface area contributed by atoms with E-state index in [0.29, 0.717) is 23.5 Å². The van der Waals surface area contributed by atoms with Gasteiger partial charge in [0, 0.05) is 37.1 Å². The summed E-state index contributed by atoms with van der Waals surface area (Å²) in [7, 11) is 2.18. The first-order valence-corrected chi connectivity index (χ1v) is 6.60. The molecular formula is C13H20N4O. The number of likely N-dealkylation sites (N-methyl/N-ethyl adjacent to an activating group) is 1. The molecule has 0 aliphatic carbocycles. The fraction of sp³-hybridized carbons (Fsp3) is 0.615. The highest BCUT2D eigenvalue weighted by molar-refractivity contribution is 5.93. The van der Waals surface area contributed by atoms with Crippen LogP contribution >= 0.6 is 0 Å². The molecule has 0 saturated carbocycles. The average Bonchev–Trinajstić information content (AvgIpc) is 2.84. The molecule has 2 atom stereocenters. The van der Waals surface area contributed by atoms with Crippen molar-refractivity contribution in [1.82, 2.24) is 14.8 Å². The number of aromatic nitrogens is 1. The Morgan fingerprint density at radius 1 is 1.39 bits per heavy atom. The summed E-state index contributed by atoms with van der Waals surface area (Å²) >= 11 is 0. The van der Waals surface area contributed by atoms with E-state index in [9.17, 15) is 4.79 Å². The number of nitrogens with zero attached hydrogens (tertiary/aromatic N) is 2. The highest BCUT2D eigenvalue weighted by Gasteiger charge is 2.36. The van der Waals surface area contributed by atoms with E-state index in [2.05, 4.69) is 16.9 Å². The summed E-state index contributed by atoms with van der Waals surface area (Å²) in [6.07, 6.45) is 5.23. The lowest BCUT2D eigenvalue weighted by Crippen LogP contribution is -2.39. The van der Waals surface area contributed by atoms with Crippen LogP contribution in [0.3, 0.4) is 0 Å². The number of nitrogens with one attached hydrogen (secondary N) is 1. The fourth-order valence-electron chi connectivity index (χ4n) is 3.20. The van der Waals surface area contributed by atoms with Crippen molar-refractivity contribution in [2.75, 3.05) is 25.9 Å². The van der Waals surface area contributed by atoms with Crippen LogP contribution in [0, 0.1) is 0 Å². The van der Waals surface area contributed by atoms with Crippen molar-refractivity contribution in [2.45, 2.75) is 31.3 Å². The molecule has 5 nitrogen and oxygen atoms in total. The van der Waals surface area contributed by atoms with Crippen LogP contribution in [0.15, 0.2) is 12.3 Å². The van der Waals surface area contributed by atoms with Gasteiger partial charge in [-0.3, -0.25) is 9.69 Å². The summed E-state index contributed by atoms with van der Waals surface area (Å²) in [6.45, 7) is 1.69. The summed E-state index contributed by atoms with van der Waals surface area (Å²) in [6, 6.07) is 2.89. The van der Waals surface area contributed by atoms with Gasteiger partial charge in [0.15, 0.2) is 0 Å². The van der Waals surface area contributed by atoms with Gasteiger partial charge in [-0.2, -0.15) is 0 Å². The van der Waals surface area contributed by atoms with Crippen molar-refractivity contribution in [2.24, 2.45) is 0 Å². The van der Waals surface area contributed by atoms with Gasteiger partial charge in [-0.25, -0.2) is 0 Å². The van der Waals surface area contributed by atoms with Crippen LogP contribution in [-0.4, -0.2) is 52.9 Å². The number of hydrogen-bond acceptors (Lipinski definition) is 3. The summed E-state index contributed by atoms with van der Waals surface area (Å²) in [5, 5.41) is 0. The molecule has 2 aliphatic rings. The third-order valence-electron chi connectivity index (χ3n) is 4.37. The lowest BCUT2D eigenvalue weighted by Gasteiger charge is -2.25. The van der Waals surface area contributed by atoms with Crippen molar-refractivity contribution >= 4 is 11.6 Å². The van der Waals surface area contributed by atoms with E-state index in [4.69, 9.17) is 5.73 Å². The van der Waals surface area contributed by atoms with Gasteiger partial charge in [-0.1, -0.05) is 0 Å². The Bertz CT molecular complexity index is 456. The zero-order chi connectivity index (χ0) is 12.7. The van der Waals surface area contributed by atoms with Crippen LogP contribution in [0.1, 0.15) is 29.8 Å². The molecule has 2 aliphatic heterocycles. The maximum atomic E-state index is 12.4. The first-order chi connectivity index (χ1) is 8.65. The molecule has 1 amide bonds. The van der Waals surface area contributed by atoms with Gasteiger partial charge in [0.05, 0.1) is 0 Å². The molecule has 0 aromatic carbocycles. The molecule has 1 aromatic rings. The number of likely N-dealkylation sites (tertiary alicyclic amines) is 1. The molecule has 3 heterocycles. The molecule has 0 radical (unpaired) electrons. The van der Waals surface area contributed by atoms with Crippen molar-refractivity contribution in [3.8, 4) is 0 Å². The third kappa shape index (κ3) is 1.88. The van der Waals surface area contributed by atoms with Gasteiger partial charge in [0.2, 0.25) is 0 Å². The van der Waals surface area contributed by atoms with E-state index in [1.807, 2.05) is 4.90 Å². The number of aromatic amines is 1. The van der Waals surface area contributed by atoms with Gasteiger partial charge in [-0.05, 0) is 32.4 Å². The minimum absolute atomic E-state index is 0.0765. The molecule has 0 spiro atoms. The summed E-state index contributed by atoms with van der Waals surface area (Å²) in [5.41, 5.74) is 6.87. The first kappa shape index (κ1) is 11.6. The summed E-state index contributed by atoms with van der Waals surface area (Å²) in [5.74, 6) is 0.0765. The number of nitrogen functional groups attached to an aromatic ring is 1. The second kappa shape index (κ2) is 4.31. The fourth-order valence-corrected chi connectivity index (χ4v) is 3.20. The van der Waals surface area contributed by atoms with E-state index >= 15 is 0 Å². The first-order valence-electron chi connectivity index (χ1n) is 6.60. The molecule has 98 valence electrons. The second-order valence-corrected chi connectivity index (χ2v) is 5.44. The predicted molar refractivity (Wildman–Crippen MR) is 70.3 cm³/mol. The topological polar surface area (TPSA) is 65.4 Å². The molecule has 3 N–H and O–H groups in total. The van der Waals surface area contributed by atoms with Gasteiger partial charge in [0.1, 0.15) is 5.69 Å². The van der Waals surface area contributed by atoms with Gasteiger partial charge in [0.25, 0.3) is 5.91 Å². The molecule has 18 heavy (non-hydrogen) atoms. The van der Waals surface area contributed by atoms with Crippen LogP contribution in [0.4, 0.5) is 5.69 Å². The number of anilines is 1. The number of H-pyrrole nitrogens is 1. The minimum atomic E-state index is 0.0765. The van der Waals surface area contributed by atoms with Crippen LogP contribution < -0.4 is 5.73 Å². The minimum Gasteiger partial charge on any atom is -0.397 e. The van der Waals surface area contributed by atoms with Crippen LogP contribution in [0.25, 0.3) is 0 Å². The Morgan fingerprint density at radius 2 is 2.17 bits per heavy atom. The standard InChI is InChI=1S/C13H20N4O/c1-16-10-2-3-11(16)8-17(5-4-10)13(18)12-6-9(14)7-15-12/h6-7,10-11,15H,2-5,8,14H2,1H3. The maximum Gasteiger partial charge on any atom is 0.270 e. The zero-order valence-corrected chi connectivity index (χ0v) is 10.7. The van der Waals surface area contributed by atoms with Gasteiger partial charge >= 0.3 is 0 Å². The molecular weight excluding hydrogens is 228 g/mol. The average molecular weight is 248 g/mol. The molecule has 1 aromatic heterocycles. The predicted octanol–water partition coefficient (Wildman–Crippen LogP) is 0.906. The Morgan fingerprint density at radius 3 is 2.89 bits per heavy atom. The SMILES string of the molecule is CN1C2CCC1CN(C(=O)c1cc(N)c[nH]1)CC2. The van der Waals surface area contributed by atoms with Crippen LogP contribution in [-0.2, 0) is 0 Å². The van der Waals surface area contributed by atoms with Gasteiger partial charge < -0.3 is 15.6 Å². The molecule has 2 fully saturated rings. The third-order valence-corrected chi connectivity index (χ3v) is 4.37. The molecule has 3 rings (SSSR count). The normalized spacial score (nSPS) is 28.4. The number of carbonyl (C=O) groups is 1. The van der Waals surface area contributed by atoms with Gasteiger partial charge in [-0.15, -0.1) is 0 Å². The van der Waals surface area contributed by atoms with Crippen LogP contribution in [0.2, 0.25) is 0 Å². The largest absolute Gasteiger partial charge is 0.397 e. The molecule has 2 bridgehead atoms. The lowest BCUT2D eigenvalue weighted by atomic mass is 10.1. The quantitative estimate of drug-likeness (QED) is 0.776. The Labute approximate surface area is 107 Å². The van der Waals surface area contributed by atoms with E-state index in [-0.39, 0.29) is 5.91 Å². The zero-order valence-electron chi connectivity index (χ0n) is 10.7. The molecule has 2 unspecified atom stereocenters. The lowest BCUT2D eigenvalue weighted by molar-refractivity contribution is 0.0735. The molecule has 2 saturated heterocycles. The van der Waals surface area contributed by atoms with Crippen LogP contribution in [0.5, 0.6) is 0 Å². The van der Waals surface area contributed by atoms with E-state index in [0.717, 1.165) is 19.5 Å². The highest BCUT2D eigenvalue weighted by atomic mass is 16.2. The summed E-state index contributed by atoms with van der Waals surface area (Å²) in [4.78, 5) is 19.7. The van der Waals surface area contributed by atoms with E-state index < -0.39 is 0 Å². The highest BCUT2D eigenvalue weighted by Crippen LogP contribution is 2.28. The number of nitrogens with two attached hydrogens (primary N) is 1. The number of carbonyl (C=O) groups excluding carboxylic acids is 1. The number of fused-ring (bicyclic) bond motifs is 2. The second-order valence-electron chi connectivity index (χ2n) is 5.44.